The topological polar surface area (TPSA) is 68.8 Å². The van der Waals surface area contributed by atoms with Gasteiger partial charge in [-0.05, 0) is 17.7 Å². The molecule has 0 unspecified atom stereocenters. The number of hydrogen-bond acceptors (Lipinski definition) is 5. The van der Waals surface area contributed by atoms with Gasteiger partial charge in [-0.25, -0.2) is 0 Å². The lowest BCUT2D eigenvalue weighted by molar-refractivity contribution is -0.120. The highest BCUT2D eigenvalue weighted by Crippen LogP contribution is 2.27. The van der Waals surface area contributed by atoms with E-state index in [1.165, 1.54) is 0 Å². The smallest absolute Gasteiger partial charge is 0.224 e. The molecule has 0 spiro atoms. The molecule has 0 aliphatic heterocycles. The number of nitrogens with one attached hydrogen (secondary N) is 2. The molecule has 2 N–H and O–H groups in total. The number of ether oxygens (including phenoxy) is 3. The first kappa shape index (κ1) is 20.5. The highest BCUT2D eigenvalue weighted by atomic mass is 35.5. The molecule has 0 aromatic heterocycles. The zero-order valence-corrected chi connectivity index (χ0v) is 14.1. The zero-order chi connectivity index (χ0) is 15.5. The summed E-state index contributed by atoms with van der Waals surface area (Å²) in [6, 6.07) is 5.47. The quantitative estimate of drug-likeness (QED) is 0.626. The molecule has 7 heteroatoms. The summed E-state index contributed by atoms with van der Waals surface area (Å²) in [6.45, 7) is 2.76. The van der Waals surface area contributed by atoms with Gasteiger partial charge in [-0.2, -0.15) is 0 Å². The third-order valence-corrected chi connectivity index (χ3v) is 2.92. The number of methoxy groups -OCH3 is 3. The Morgan fingerprint density at radius 3 is 2.41 bits per heavy atom. The molecule has 1 amide bonds. The average molecular weight is 333 g/mol. The fourth-order valence-electron chi connectivity index (χ4n) is 1.83. The van der Waals surface area contributed by atoms with E-state index in [4.69, 9.17) is 14.2 Å². The van der Waals surface area contributed by atoms with Gasteiger partial charge in [0, 0.05) is 26.7 Å². The summed E-state index contributed by atoms with van der Waals surface area (Å²) < 4.78 is 15.3. The van der Waals surface area contributed by atoms with E-state index in [2.05, 4.69) is 10.6 Å². The predicted octanol–water partition coefficient (Wildman–Crippen LogP) is 1.02. The number of amides is 1. The lowest BCUT2D eigenvalue weighted by atomic mass is 10.1. The third kappa shape index (κ3) is 7.49. The first-order valence-electron chi connectivity index (χ1n) is 6.88. The van der Waals surface area contributed by atoms with Crippen molar-refractivity contribution in [2.24, 2.45) is 0 Å². The van der Waals surface area contributed by atoms with Gasteiger partial charge < -0.3 is 24.8 Å². The Balaban J connectivity index is 0.00000441. The van der Waals surface area contributed by atoms with Crippen molar-refractivity contribution in [2.45, 2.75) is 6.42 Å². The fourth-order valence-corrected chi connectivity index (χ4v) is 1.83. The summed E-state index contributed by atoms with van der Waals surface area (Å²) in [4.78, 5) is 11.8. The molecule has 22 heavy (non-hydrogen) atoms. The molecule has 0 heterocycles. The van der Waals surface area contributed by atoms with E-state index < -0.39 is 0 Å². The molecule has 0 saturated carbocycles. The van der Waals surface area contributed by atoms with E-state index in [0.717, 1.165) is 18.7 Å². The Morgan fingerprint density at radius 1 is 1.05 bits per heavy atom. The highest BCUT2D eigenvalue weighted by molar-refractivity contribution is 5.85. The predicted molar refractivity (Wildman–Crippen MR) is 88.3 cm³/mol. The summed E-state index contributed by atoms with van der Waals surface area (Å²) in [5.74, 6) is 1.27. The molecular formula is C15H25ClN2O4. The molecule has 6 nitrogen and oxygen atoms in total. The van der Waals surface area contributed by atoms with Crippen LogP contribution in [-0.4, -0.2) is 53.5 Å². The van der Waals surface area contributed by atoms with Crippen LogP contribution in [0.2, 0.25) is 0 Å². The molecule has 0 atom stereocenters. The highest BCUT2D eigenvalue weighted by Gasteiger charge is 2.07. The van der Waals surface area contributed by atoms with Crippen molar-refractivity contribution in [1.82, 2.24) is 10.6 Å². The van der Waals surface area contributed by atoms with Gasteiger partial charge in [-0.3, -0.25) is 4.79 Å². The Kier molecular flexibility index (Phi) is 11.3. The summed E-state index contributed by atoms with van der Waals surface area (Å²) in [6.07, 6.45) is 0.318. The zero-order valence-electron chi connectivity index (χ0n) is 13.3. The normalized spacial score (nSPS) is 9.77. The molecular weight excluding hydrogens is 308 g/mol. The maximum atomic E-state index is 11.8. The molecule has 0 aliphatic carbocycles. The third-order valence-electron chi connectivity index (χ3n) is 2.92. The Bertz CT molecular complexity index is 444. The van der Waals surface area contributed by atoms with Gasteiger partial charge in [0.15, 0.2) is 11.5 Å². The number of rotatable bonds is 10. The first-order valence-corrected chi connectivity index (χ1v) is 6.88. The van der Waals surface area contributed by atoms with Crippen LogP contribution in [0.15, 0.2) is 18.2 Å². The molecule has 1 aromatic rings. The van der Waals surface area contributed by atoms with Gasteiger partial charge in [0.2, 0.25) is 5.91 Å². The molecule has 0 fully saturated rings. The van der Waals surface area contributed by atoms with Crippen molar-refractivity contribution in [2.75, 3.05) is 47.6 Å². The van der Waals surface area contributed by atoms with E-state index >= 15 is 0 Å². The van der Waals surface area contributed by atoms with E-state index in [1.54, 1.807) is 27.4 Å². The van der Waals surface area contributed by atoms with Crippen molar-refractivity contribution < 1.29 is 19.0 Å². The number of benzene rings is 1. The van der Waals surface area contributed by atoms with Crippen LogP contribution in [0, 0.1) is 0 Å². The Hall–Kier alpha value is -1.50. The first-order chi connectivity index (χ1) is 10.2. The van der Waals surface area contributed by atoms with E-state index in [0.29, 0.717) is 31.1 Å². The van der Waals surface area contributed by atoms with Crippen LogP contribution in [0.5, 0.6) is 11.5 Å². The maximum Gasteiger partial charge on any atom is 0.224 e. The second-order valence-electron chi connectivity index (χ2n) is 4.46. The molecule has 1 aromatic carbocycles. The fraction of sp³-hybridized carbons (Fsp3) is 0.533. The minimum absolute atomic E-state index is 0. The van der Waals surface area contributed by atoms with Crippen LogP contribution in [0.25, 0.3) is 0 Å². The van der Waals surface area contributed by atoms with Gasteiger partial charge in [-0.15, -0.1) is 12.4 Å². The Morgan fingerprint density at radius 2 is 1.77 bits per heavy atom. The van der Waals surface area contributed by atoms with Crippen molar-refractivity contribution in [3.8, 4) is 11.5 Å². The summed E-state index contributed by atoms with van der Waals surface area (Å²) in [7, 11) is 4.82. The maximum absolute atomic E-state index is 11.8. The van der Waals surface area contributed by atoms with Crippen LogP contribution in [0.4, 0.5) is 0 Å². The standard InChI is InChI=1S/C15H24N2O4.ClH/c1-19-9-8-16-6-7-17-15(18)11-12-4-5-13(20-2)14(10-12)21-3;/h4-5,10,16H,6-9,11H2,1-3H3,(H,17,18);1H. The van der Waals surface area contributed by atoms with Crippen LogP contribution in [-0.2, 0) is 16.0 Å². The van der Waals surface area contributed by atoms with Gasteiger partial charge in [0.05, 0.1) is 27.2 Å². The number of carbonyl (C=O) groups is 1. The van der Waals surface area contributed by atoms with Gasteiger partial charge in [0.25, 0.3) is 0 Å². The molecule has 126 valence electrons. The van der Waals surface area contributed by atoms with Gasteiger partial charge >= 0.3 is 0 Å². The van der Waals surface area contributed by atoms with Crippen molar-refractivity contribution >= 4 is 18.3 Å². The van der Waals surface area contributed by atoms with Crippen molar-refractivity contribution in [1.29, 1.82) is 0 Å². The van der Waals surface area contributed by atoms with Crippen molar-refractivity contribution in [3.05, 3.63) is 23.8 Å². The monoisotopic (exact) mass is 332 g/mol. The molecule has 0 saturated heterocycles. The largest absolute Gasteiger partial charge is 0.493 e. The summed E-state index contributed by atoms with van der Waals surface area (Å²) >= 11 is 0. The lowest BCUT2D eigenvalue weighted by Gasteiger charge is -2.10. The average Bonchev–Trinajstić information content (AvgIpc) is 2.50. The molecule has 0 radical (unpaired) electrons. The summed E-state index contributed by atoms with van der Waals surface area (Å²) in [5.41, 5.74) is 0.887. The van der Waals surface area contributed by atoms with Crippen LogP contribution < -0.4 is 20.1 Å². The molecule has 0 bridgehead atoms. The van der Waals surface area contributed by atoms with Gasteiger partial charge in [-0.1, -0.05) is 6.07 Å². The van der Waals surface area contributed by atoms with E-state index in [-0.39, 0.29) is 18.3 Å². The molecule has 0 aliphatic rings. The second kappa shape index (κ2) is 12.1. The van der Waals surface area contributed by atoms with Crippen LogP contribution >= 0.6 is 12.4 Å². The van der Waals surface area contributed by atoms with Crippen molar-refractivity contribution in [3.63, 3.8) is 0 Å². The number of hydrogen-bond donors (Lipinski definition) is 2. The van der Waals surface area contributed by atoms with E-state index in [9.17, 15) is 4.79 Å². The van der Waals surface area contributed by atoms with Crippen LogP contribution in [0.3, 0.4) is 0 Å². The summed E-state index contributed by atoms with van der Waals surface area (Å²) in [5, 5.41) is 6.02. The lowest BCUT2D eigenvalue weighted by Crippen LogP contribution is -2.33. The van der Waals surface area contributed by atoms with Crippen LogP contribution in [0.1, 0.15) is 5.56 Å². The van der Waals surface area contributed by atoms with E-state index in [1.807, 2.05) is 12.1 Å². The number of carbonyl (C=O) groups excluding carboxylic acids is 1. The minimum atomic E-state index is -0.0178. The molecule has 1 rings (SSSR count). The van der Waals surface area contributed by atoms with Gasteiger partial charge in [0.1, 0.15) is 0 Å². The SMILES string of the molecule is COCCNCCNC(=O)Cc1ccc(OC)c(OC)c1.Cl. The second-order valence-corrected chi connectivity index (χ2v) is 4.46. The minimum Gasteiger partial charge on any atom is -0.493 e. The number of halogens is 1. The Labute approximate surface area is 137 Å².